The molecule has 2 N–H and O–H groups in total. The Balaban J connectivity index is 1.39. The van der Waals surface area contributed by atoms with E-state index < -0.39 is 18.2 Å². The van der Waals surface area contributed by atoms with Crippen LogP contribution < -0.4 is 15.4 Å². The van der Waals surface area contributed by atoms with Crippen LogP contribution in [0.1, 0.15) is 33.3 Å². The van der Waals surface area contributed by atoms with Gasteiger partial charge >= 0.3 is 6.09 Å². The van der Waals surface area contributed by atoms with E-state index in [4.69, 9.17) is 9.47 Å². The smallest absolute Gasteiger partial charge is 0.411 e. The average Bonchev–Trinajstić information content (AvgIpc) is 3.32. The molecule has 202 valence electrons. The average molecular weight is 537 g/mol. The van der Waals surface area contributed by atoms with E-state index in [-0.39, 0.29) is 24.9 Å². The second kappa shape index (κ2) is 12.1. The highest BCUT2D eigenvalue weighted by atomic mass is 16.6. The Kier molecular flexibility index (Phi) is 8.01. The quantitative estimate of drug-likeness (QED) is 0.320. The third-order valence-corrected chi connectivity index (χ3v) is 6.52. The first-order chi connectivity index (χ1) is 19.5. The lowest BCUT2D eigenvalue weighted by Gasteiger charge is -2.24. The molecule has 2 unspecified atom stereocenters. The van der Waals surface area contributed by atoms with Crippen LogP contribution in [-0.4, -0.2) is 40.9 Å². The number of carbonyl (C=O) groups excluding carboxylic acids is 3. The van der Waals surface area contributed by atoms with Gasteiger partial charge in [0.1, 0.15) is 5.75 Å². The summed E-state index contributed by atoms with van der Waals surface area (Å²) in [4.78, 5) is 45.2. The monoisotopic (exact) mass is 536 g/mol. The fraction of sp³-hybridized carbons (Fsp3) is 0.161. The van der Waals surface area contributed by atoms with E-state index in [2.05, 4.69) is 15.6 Å². The van der Waals surface area contributed by atoms with Crippen LogP contribution in [0.4, 0.5) is 10.5 Å². The maximum Gasteiger partial charge on any atom is 0.411 e. The molecule has 1 aliphatic heterocycles. The Labute approximate surface area is 231 Å². The van der Waals surface area contributed by atoms with Gasteiger partial charge < -0.3 is 20.1 Å². The number of nitrogens with one attached hydrogen (secondary N) is 2. The van der Waals surface area contributed by atoms with Gasteiger partial charge in [-0.15, -0.1) is 0 Å². The standard InChI is InChI=1S/C31H28N4O5/c1-39-26-15-8-12-23(18-26)29(36)34-24-14-7-11-22(17-24)28-27(30(37)33-19-25-13-5-6-16-32-25)35(31(38)40-28)20-21-9-3-2-4-10-21/h2-18,27-28H,19-20H2,1H3,(H,33,37)(H,34,36). The van der Waals surface area contributed by atoms with Crippen LogP contribution >= 0.6 is 0 Å². The number of pyridine rings is 1. The SMILES string of the molecule is COc1cccc(C(=O)Nc2cccc(C3OC(=O)N(Cc4ccccc4)C3C(=O)NCc3ccccn3)c2)c1. The fourth-order valence-electron chi connectivity index (χ4n) is 4.54. The first-order valence-corrected chi connectivity index (χ1v) is 12.8. The van der Waals surface area contributed by atoms with Crippen LogP contribution in [0, 0.1) is 0 Å². The maximum atomic E-state index is 13.6. The van der Waals surface area contributed by atoms with Gasteiger partial charge in [0.15, 0.2) is 12.1 Å². The maximum absolute atomic E-state index is 13.6. The van der Waals surface area contributed by atoms with E-state index in [0.29, 0.717) is 28.3 Å². The Morgan fingerprint density at radius 1 is 0.950 bits per heavy atom. The Morgan fingerprint density at radius 3 is 2.52 bits per heavy atom. The number of cyclic esters (lactones) is 1. The Morgan fingerprint density at radius 2 is 1.75 bits per heavy atom. The molecule has 2 atom stereocenters. The molecule has 0 saturated carbocycles. The van der Waals surface area contributed by atoms with E-state index in [1.54, 1.807) is 60.8 Å². The highest BCUT2D eigenvalue weighted by Gasteiger charge is 2.47. The number of aromatic nitrogens is 1. The fourth-order valence-corrected chi connectivity index (χ4v) is 4.54. The molecule has 0 aliphatic carbocycles. The second-order valence-corrected chi connectivity index (χ2v) is 9.21. The second-order valence-electron chi connectivity index (χ2n) is 9.21. The predicted octanol–water partition coefficient (Wildman–Crippen LogP) is 4.72. The lowest BCUT2D eigenvalue weighted by molar-refractivity contribution is -0.126. The molecular formula is C31H28N4O5. The van der Waals surface area contributed by atoms with Gasteiger partial charge in [0, 0.05) is 17.4 Å². The van der Waals surface area contributed by atoms with E-state index in [1.807, 2.05) is 42.5 Å². The van der Waals surface area contributed by atoms with E-state index in [9.17, 15) is 14.4 Å². The van der Waals surface area contributed by atoms with E-state index >= 15 is 0 Å². The number of anilines is 1. The summed E-state index contributed by atoms with van der Waals surface area (Å²) < 4.78 is 11.0. The number of nitrogens with zero attached hydrogens (tertiary/aromatic N) is 2. The minimum Gasteiger partial charge on any atom is -0.497 e. The molecule has 2 heterocycles. The van der Waals surface area contributed by atoms with E-state index in [0.717, 1.165) is 5.56 Å². The van der Waals surface area contributed by atoms with Crippen molar-refractivity contribution in [3.63, 3.8) is 0 Å². The molecule has 3 aromatic carbocycles. The minimum atomic E-state index is -0.944. The zero-order valence-electron chi connectivity index (χ0n) is 21.8. The van der Waals surface area contributed by atoms with Gasteiger partial charge in [-0.25, -0.2) is 4.79 Å². The summed E-state index contributed by atoms with van der Waals surface area (Å²) in [5.41, 5.74) is 3.05. The van der Waals surface area contributed by atoms with Crippen molar-refractivity contribution in [1.29, 1.82) is 0 Å². The molecule has 3 amide bonds. The number of ether oxygens (including phenoxy) is 2. The van der Waals surface area contributed by atoms with Crippen molar-refractivity contribution in [2.24, 2.45) is 0 Å². The van der Waals surface area contributed by atoms with Crippen molar-refractivity contribution in [2.75, 3.05) is 12.4 Å². The molecule has 9 nitrogen and oxygen atoms in total. The minimum absolute atomic E-state index is 0.199. The highest BCUT2D eigenvalue weighted by molar-refractivity contribution is 6.04. The van der Waals surface area contributed by atoms with Crippen LogP contribution in [0.5, 0.6) is 5.75 Å². The molecule has 0 spiro atoms. The first-order valence-electron chi connectivity index (χ1n) is 12.8. The van der Waals surface area contributed by atoms with Crippen molar-refractivity contribution in [3.05, 3.63) is 126 Å². The summed E-state index contributed by atoms with van der Waals surface area (Å²) in [7, 11) is 1.54. The summed E-state index contributed by atoms with van der Waals surface area (Å²) in [6.07, 6.45) is 0.158. The number of methoxy groups -OCH3 is 1. The van der Waals surface area contributed by atoms with Gasteiger partial charge in [0.05, 0.1) is 25.9 Å². The van der Waals surface area contributed by atoms with Gasteiger partial charge in [-0.2, -0.15) is 0 Å². The normalized spacial score (nSPS) is 16.2. The lowest BCUT2D eigenvalue weighted by Crippen LogP contribution is -2.46. The molecule has 0 radical (unpaired) electrons. The third kappa shape index (κ3) is 6.10. The zero-order valence-corrected chi connectivity index (χ0v) is 21.8. The molecule has 1 aliphatic rings. The van der Waals surface area contributed by atoms with Gasteiger partial charge in [-0.1, -0.05) is 54.6 Å². The number of hydrogen-bond donors (Lipinski definition) is 2. The van der Waals surface area contributed by atoms with Crippen LogP contribution in [-0.2, 0) is 22.6 Å². The summed E-state index contributed by atoms with van der Waals surface area (Å²) in [6, 6.07) is 27.7. The van der Waals surface area contributed by atoms with Crippen LogP contribution in [0.2, 0.25) is 0 Å². The van der Waals surface area contributed by atoms with Gasteiger partial charge in [-0.3, -0.25) is 19.5 Å². The summed E-state index contributed by atoms with van der Waals surface area (Å²) >= 11 is 0. The molecule has 1 fully saturated rings. The largest absolute Gasteiger partial charge is 0.497 e. The summed E-state index contributed by atoms with van der Waals surface area (Å²) in [5.74, 6) is -0.129. The number of carbonyl (C=O) groups is 3. The van der Waals surface area contributed by atoms with Gasteiger partial charge in [0.2, 0.25) is 5.91 Å². The molecular weight excluding hydrogens is 508 g/mol. The molecule has 5 rings (SSSR count). The van der Waals surface area contributed by atoms with Gasteiger partial charge in [-0.05, 0) is 53.6 Å². The Hall–Kier alpha value is -5.18. The van der Waals surface area contributed by atoms with Crippen molar-refractivity contribution < 1.29 is 23.9 Å². The number of amides is 3. The Bertz CT molecular complexity index is 1500. The van der Waals surface area contributed by atoms with Crippen LogP contribution in [0.25, 0.3) is 0 Å². The number of hydrogen-bond acceptors (Lipinski definition) is 6. The lowest BCUT2D eigenvalue weighted by atomic mass is 10.00. The topological polar surface area (TPSA) is 110 Å². The predicted molar refractivity (Wildman–Crippen MR) is 148 cm³/mol. The zero-order chi connectivity index (χ0) is 27.9. The van der Waals surface area contributed by atoms with Crippen LogP contribution in [0.15, 0.2) is 103 Å². The molecule has 4 aromatic rings. The summed E-state index contributed by atoms with van der Waals surface area (Å²) in [5, 5.41) is 5.77. The van der Waals surface area contributed by atoms with Crippen molar-refractivity contribution in [3.8, 4) is 5.75 Å². The molecule has 1 saturated heterocycles. The highest BCUT2D eigenvalue weighted by Crippen LogP contribution is 2.35. The first kappa shape index (κ1) is 26.4. The van der Waals surface area contributed by atoms with Crippen molar-refractivity contribution in [2.45, 2.75) is 25.2 Å². The van der Waals surface area contributed by atoms with Gasteiger partial charge in [0.25, 0.3) is 5.91 Å². The molecule has 0 bridgehead atoms. The van der Waals surface area contributed by atoms with Crippen LogP contribution in [0.3, 0.4) is 0 Å². The summed E-state index contributed by atoms with van der Waals surface area (Å²) in [6.45, 7) is 0.400. The number of benzene rings is 3. The molecule has 9 heteroatoms. The molecule has 40 heavy (non-hydrogen) atoms. The third-order valence-electron chi connectivity index (χ3n) is 6.52. The molecule has 1 aromatic heterocycles. The van der Waals surface area contributed by atoms with Crippen molar-refractivity contribution >= 4 is 23.6 Å². The van der Waals surface area contributed by atoms with E-state index in [1.165, 1.54) is 12.0 Å². The van der Waals surface area contributed by atoms with Crippen molar-refractivity contribution in [1.82, 2.24) is 15.2 Å². The number of rotatable bonds is 9.